The summed E-state index contributed by atoms with van der Waals surface area (Å²) in [6.45, 7) is 0. The van der Waals surface area contributed by atoms with E-state index in [1.54, 1.807) is 6.07 Å². The largest absolute Gasteiger partial charge is 0.550 e. The van der Waals surface area contributed by atoms with Crippen molar-refractivity contribution in [1.82, 2.24) is 5.32 Å². The van der Waals surface area contributed by atoms with E-state index in [0.717, 1.165) is 11.1 Å². The molecule has 0 aliphatic rings. The standard InChI is InChI=1S/C24H22N2O5/c27-23(15-21(17-8-3-1-4-9-17)18-10-5-2-6-11-18)25-22(16-24(28)29)19-12-7-13-20(14-19)26(30)31/h1-14,21-22H,15-16H2,(H,25,27)(H,28,29)/p-1/t22-/m1/s1. The molecular weight excluding hydrogens is 396 g/mol. The molecule has 0 aromatic heterocycles. The number of carboxylic acids is 1. The van der Waals surface area contributed by atoms with Crippen molar-refractivity contribution >= 4 is 17.6 Å². The highest BCUT2D eigenvalue weighted by molar-refractivity contribution is 5.79. The smallest absolute Gasteiger partial charge is 0.269 e. The number of nitro groups is 1. The van der Waals surface area contributed by atoms with Gasteiger partial charge >= 0.3 is 0 Å². The number of hydrogen-bond donors (Lipinski definition) is 1. The maximum Gasteiger partial charge on any atom is 0.269 e. The van der Waals surface area contributed by atoms with Crippen LogP contribution >= 0.6 is 0 Å². The number of carbonyl (C=O) groups excluding carboxylic acids is 2. The number of hydrogen-bond acceptors (Lipinski definition) is 5. The van der Waals surface area contributed by atoms with E-state index in [4.69, 9.17) is 0 Å². The van der Waals surface area contributed by atoms with Crippen LogP contribution in [0.25, 0.3) is 0 Å². The van der Waals surface area contributed by atoms with Crippen molar-refractivity contribution in [3.63, 3.8) is 0 Å². The van der Waals surface area contributed by atoms with E-state index in [-0.39, 0.29) is 23.9 Å². The van der Waals surface area contributed by atoms with Crippen LogP contribution in [0.5, 0.6) is 0 Å². The van der Waals surface area contributed by atoms with Gasteiger partial charge in [-0.3, -0.25) is 14.9 Å². The summed E-state index contributed by atoms with van der Waals surface area (Å²) in [5.41, 5.74) is 2.07. The van der Waals surface area contributed by atoms with E-state index in [1.165, 1.54) is 18.2 Å². The number of benzene rings is 3. The first kappa shape index (κ1) is 21.7. The minimum Gasteiger partial charge on any atom is -0.550 e. The Bertz CT molecular complexity index is 1010. The second-order valence-corrected chi connectivity index (χ2v) is 7.13. The van der Waals surface area contributed by atoms with Crippen LogP contribution in [-0.2, 0) is 9.59 Å². The summed E-state index contributed by atoms with van der Waals surface area (Å²) >= 11 is 0. The predicted octanol–water partition coefficient (Wildman–Crippen LogP) is 3.11. The van der Waals surface area contributed by atoms with Gasteiger partial charge in [0.15, 0.2) is 0 Å². The normalized spacial score (nSPS) is 11.6. The Morgan fingerprint density at radius 1 is 0.806 bits per heavy atom. The maximum absolute atomic E-state index is 12.9. The molecule has 0 aliphatic carbocycles. The van der Waals surface area contributed by atoms with Crippen molar-refractivity contribution < 1.29 is 19.6 Å². The van der Waals surface area contributed by atoms with Gasteiger partial charge in [-0.25, -0.2) is 0 Å². The van der Waals surface area contributed by atoms with Crippen LogP contribution in [0.4, 0.5) is 5.69 Å². The number of nitrogens with zero attached hydrogens (tertiary/aromatic N) is 1. The van der Waals surface area contributed by atoms with Crippen molar-refractivity contribution in [2.45, 2.75) is 24.8 Å². The highest BCUT2D eigenvalue weighted by Crippen LogP contribution is 2.29. The van der Waals surface area contributed by atoms with E-state index in [9.17, 15) is 24.8 Å². The summed E-state index contributed by atoms with van der Waals surface area (Å²) in [7, 11) is 0. The first-order valence-electron chi connectivity index (χ1n) is 9.77. The van der Waals surface area contributed by atoms with E-state index in [0.29, 0.717) is 5.56 Å². The van der Waals surface area contributed by atoms with Crippen LogP contribution in [0.2, 0.25) is 0 Å². The molecule has 0 aliphatic heterocycles. The number of non-ortho nitro benzene ring substituents is 1. The molecule has 7 heteroatoms. The van der Waals surface area contributed by atoms with Crippen molar-refractivity contribution in [1.29, 1.82) is 0 Å². The van der Waals surface area contributed by atoms with Gasteiger partial charge < -0.3 is 15.2 Å². The van der Waals surface area contributed by atoms with Crippen molar-refractivity contribution in [2.24, 2.45) is 0 Å². The first-order chi connectivity index (χ1) is 14.9. The summed E-state index contributed by atoms with van der Waals surface area (Å²) in [5.74, 6) is -1.95. The molecule has 31 heavy (non-hydrogen) atoms. The van der Waals surface area contributed by atoms with Crippen LogP contribution in [0.3, 0.4) is 0 Å². The summed E-state index contributed by atoms with van der Waals surface area (Å²) in [6, 6.07) is 23.7. The third-order valence-corrected chi connectivity index (χ3v) is 4.98. The Hall–Kier alpha value is -4.00. The highest BCUT2D eigenvalue weighted by Gasteiger charge is 2.22. The Balaban J connectivity index is 1.84. The summed E-state index contributed by atoms with van der Waals surface area (Å²) < 4.78 is 0. The molecular formula is C24H21N2O5-. The number of nitrogens with one attached hydrogen (secondary N) is 1. The fourth-order valence-electron chi connectivity index (χ4n) is 3.51. The molecule has 0 unspecified atom stereocenters. The molecule has 0 fully saturated rings. The van der Waals surface area contributed by atoms with Gasteiger partial charge in [0.1, 0.15) is 0 Å². The lowest BCUT2D eigenvalue weighted by atomic mass is 9.88. The van der Waals surface area contributed by atoms with Gasteiger partial charge in [0.2, 0.25) is 5.91 Å². The van der Waals surface area contributed by atoms with Gasteiger partial charge in [0.25, 0.3) is 5.69 Å². The van der Waals surface area contributed by atoms with Gasteiger partial charge in [-0.05, 0) is 16.7 Å². The predicted molar refractivity (Wildman–Crippen MR) is 113 cm³/mol. The zero-order chi connectivity index (χ0) is 22.2. The summed E-state index contributed by atoms with van der Waals surface area (Å²) in [6.07, 6.45) is -0.402. The average Bonchev–Trinajstić information content (AvgIpc) is 2.78. The van der Waals surface area contributed by atoms with E-state index in [2.05, 4.69) is 5.32 Å². The molecule has 1 amide bonds. The van der Waals surface area contributed by atoms with Gasteiger partial charge in [-0.2, -0.15) is 0 Å². The number of nitro benzene ring substituents is 1. The molecule has 3 rings (SSSR count). The molecule has 7 nitrogen and oxygen atoms in total. The van der Waals surface area contributed by atoms with E-state index < -0.39 is 23.4 Å². The van der Waals surface area contributed by atoms with Gasteiger partial charge in [0, 0.05) is 36.9 Å². The molecule has 1 N–H and O–H groups in total. The minimum atomic E-state index is -1.36. The SMILES string of the molecule is O=C([O-])C[C@@H](NC(=O)CC(c1ccccc1)c1ccccc1)c1cccc([N+](=O)[O-])c1. The van der Waals surface area contributed by atoms with Crippen LogP contribution < -0.4 is 10.4 Å². The van der Waals surface area contributed by atoms with Gasteiger partial charge in [-0.1, -0.05) is 72.8 Å². The lowest BCUT2D eigenvalue weighted by molar-refractivity contribution is -0.385. The second-order valence-electron chi connectivity index (χ2n) is 7.13. The van der Waals surface area contributed by atoms with Crippen molar-refractivity contribution in [3.8, 4) is 0 Å². The number of carboxylic acid groups (broad SMARTS) is 1. The fourth-order valence-corrected chi connectivity index (χ4v) is 3.51. The second kappa shape index (κ2) is 10.2. The molecule has 1 atom stereocenters. The monoisotopic (exact) mass is 417 g/mol. The van der Waals surface area contributed by atoms with Crippen LogP contribution in [0.1, 0.15) is 41.5 Å². The van der Waals surface area contributed by atoms with Gasteiger partial charge in [-0.15, -0.1) is 0 Å². The molecule has 0 radical (unpaired) electrons. The first-order valence-corrected chi connectivity index (χ1v) is 9.77. The van der Waals surface area contributed by atoms with Crippen LogP contribution in [0, 0.1) is 10.1 Å². The van der Waals surface area contributed by atoms with Crippen molar-refractivity contribution in [3.05, 3.63) is 112 Å². The Kier molecular flexibility index (Phi) is 7.11. The molecule has 0 heterocycles. The summed E-state index contributed by atoms with van der Waals surface area (Å²) in [4.78, 5) is 34.7. The molecule has 0 bridgehead atoms. The molecule has 0 spiro atoms. The third-order valence-electron chi connectivity index (χ3n) is 4.98. The zero-order valence-corrected chi connectivity index (χ0v) is 16.6. The number of carbonyl (C=O) groups is 2. The van der Waals surface area contributed by atoms with Crippen LogP contribution in [-0.4, -0.2) is 16.8 Å². The molecule has 3 aromatic rings. The molecule has 158 valence electrons. The average molecular weight is 417 g/mol. The van der Waals surface area contributed by atoms with Gasteiger partial charge in [0.05, 0.1) is 11.0 Å². The Morgan fingerprint density at radius 3 is 1.87 bits per heavy atom. The summed E-state index contributed by atoms with van der Waals surface area (Å²) in [5, 5.41) is 25.0. The Morgan fingerprint density at radius 2 is 1.35 bits per heavy atom. The maximum atomic E-state index is 12.9. The Labute approximate surface area is 179 Å². The highest BCUT2D eigenvalue weighted by atomic mass is 16.6. The minimum absolute atomic E-state index is 0.0898. The topological polar surface area (TPSA) is 112 Å². The quantitative estimate of drug-likeness (QED) is 0.425. The van der Waals surface area contributed by atoms with Crippen molar-refractivity contribution in [2.75, 3.05) is 0 Å². The third kappa shape index (κ3) is 5.99. The van der Waals surface area contributed by atoms with Crippen LogP contribution in [0.15, 0.2) is 84.9 Å². The molecule has 3 aromatic carbocycles. The number of aliphatic carboxylic acids is 1. The number of amides is 1. The zero-order valence-electron chi connectivity index (χ0n) is 16.6. The molecule has 0 saturated heterocycles. The fraction of sp³-hybridized carbons (Fsp3) is 0.167. The number of rotatable bonds is 9. The van der Waals surface area contributed by atoms with E-state index in [1.807, 2.05) is 60.7 Å². The lowest BCUT2D eigenvalue weighted by Crippen LogP contribution is -2.34. The van der Waals surface area contributed by atoms with E-state index >= 15 is 0 Å². The lowest BCUT2D eigenvalue weighted by Gasteiger charge is -2.22. The molecule has 0 saturated carbocycles.